The lowest BCUT2D eigenvalue weighted by Crippen LogP contribution is -2.36. The molecule has 17 heavy (non-hydrogen) atoms. The van der Waals surface area contributed by atoms with E-state index in [0.29, 0.717) is 6.42 Å². The predicted octanol–water partition coefficient (Wildman–Crippen LogP) is 1.97. The average molecular weight is 300 g/mol. The zero-order chi connectivity index (χ0) is 12.8. The largest absolute Gasteiger partial charge is 0.481 e. The average Bonchev–Trinajstić information content (AvgIpc) is 2.19. The summed E-state index contributed by atoms with van der Waals surface area (Å²) in [6.45, 7) is 1.39. The van der Waals surface area contributed by atoms with Crippen LogP contribution in [0.5, 0.6) is 0 Å². The van der Waals surface area contributed by atoms with E-state index in [-0.39, 0.29) is 18.4 Å². The zero-order valence-corrected chi connectivity index (χ0v) is 11.0. The second-order valence-corrected chi connectivity index (χ2v) is 4.74. The first-order valence-corrected chi connectivity index (χ1v) is 6.00. The fraction of sp³-hybridized carbons (Fsp3) is 0.333. The fourth-order valence-corrected chi connectivity index (χ4v) is 1.84. The Hall–Kier alpha value is -1.36. The summed E-state index contributed by atoms with van der Waals surface area (Å²) in [5.41, 5.74) is 0.994. The number of amides is 1. The van der Waals surface area contributed by atoms with Crippen molar-refractivity contribution in [3.05, 3.63) is 34.3 Å². The number of halogens is 1. The van der Waals surface area contributed by atoms with Crippen LogP contribution in [0.1, 0.15) is 18.9 Å². The lowest BCUT2D eigenvalue weighted by molar-refractivity contribution is -0.137. The Balaban J connectivity index is 2.67. The van der Waals surface area contributed by atoms with Crippen molar-refractivity contribution < 1.29 is 14.7 Å². The third-order valence-electron chi connectivity index (χ3n) is 2.22. The van der Waals surface area contributed by atoms with Gasteiger partial charge in [-0.2, -0.15) is 0 Å². The summed E-state index contributed by atoms with van der Waals surface area (Å²) in [4.78, 5) is 21.6. The molecule has 0 spiro atoms. The molecule has 1 amide bonds. The maximum atomic E-state index is 11.0. The van der Waals surface area contributed by atoms with Crippen molar-refractivity contribution >= 4 is 27.8 Å². The maximum absolute atomic E-state index is 11.0. The van der Waals surface area contributed by atoms with Gasteiger partial charge in [0.2, 0.25) is 5.91 Å². The molecule has 0 fully saturated rings. The highest BCUT2D eigenvalue weighted by Crippen LogP contribution is 2.12. The first-order valence-electron chi connectivity index (χ1n) is 5.20. The van der Waals surface area contributed by atoms with Gasteiger partial charge in [0.25, 0.3) is 0 Å². The van der Waals surface area contributed by atoms with E-state index < -0.39 is 5.97 Å². The van der Waals surface area contributed by atoms with Crippen LogP contribution < -0.4 is 5.32 Å². The smallest absolute Gasteiger partial charge is 0.305 e. The summed E-state index contributed by atoms with van der Waals surface area (Å²) >= 11 is 3.33. The molecule has 1 atom stereocenters. The van der Waals surface area contributed by atoms with Gasteiger partial charge >= 0.3 is 5.97 Å². The number of carbonyl (C=O) groups excluding carboxylic acids is 1. The second-order valence-electron chi connectivity index (χ2n) is 3.83. The van der Waals surface area contributed by atoms with Crippen molar-refractivity contribution in [2.24, 2.45) is 0 Å². The standard InChI is InChI=1S/C12H14BrNO3/c1-8(15)14-11(7-12(16)17)6-9-2-4-10(13)5-3-9/h2-5,11H,6-7H2,1H3,(H,14,15)(H,16,17)/t11-/m0/s1. The first-order chi connectivity index (χ1) is 7.97. The third-order valence-corrected chi connectivity index (χ3v) is 2.75. The summed E-state index contributed by atoms with van der Waals surface area (Å²) in [5, 5.41) is 11.4. The third kappa shape index (κ3) is 5.49. The molecule has 1 aromatic rings. The van der Waals surface area contributed by atoms with Gasteiger partial charge in [-0.3, -0.25) is 9.59 Å². The highest BCUT2D eigenvalue weighted by molar-refractivity contribution is 9.10. The van der Waals surface area contributed by atoms with Crippen molar-refractivity contribution in [3.63, 3.8) is 0 Å². The van der Waals surface area contributed by atoms with Gasteiger partial charge in [-0.05, 0) is 24.1 Å². The van der Waals surface area contributed by atoms with Crippen molar-refractivity contribution in [3.8, 4) is 0 Å². The van der Waals surface area contributed by atoms with E-state index in [2.05, 4.69) is 21.2 Å². The summed E-state index contributed by atoms with van der Waals surface area (Å²) in [6, 6.07) is 7.22. The van der Waals surface area contributed by atoms with Gasteiger partial charge in [0.1, 0.15) is 0 Å². The molecule has 0 saturated heterocycles. The number of hydrogen-bond acceptors (Lipinski definition) is 2. The molecule has 4 nitrogen and oxygen atoms in total. The summed E-state index contributed by atoms with van der Waals surface area (Å²) < 4.78 is 0.968. The van der Waals surface area contributed by atoms with Crippen molar-refractivity contribution in [2.45, 2.75) is 25.8 Å². The Morgan fingerprint density at radius 3 is 2.41 bits per heavy atom. The Labute approximate surface area is 108 Å². The van der Waals surface area contributed by atoms with E-state index in [4.69, 9.17) is 5.11 Å². The molecule has 5 heteroatoms. The van der Waals surface area contributed by atoms with Crippen LogP contribution in [0.15, 0.2) is 28.7 Å². The number of carboxylic acids is 1. The van der Waals surface area contributed by atoms with E-state index in [1.54, 1.807) is 0 Å². The summed E-state index contributed by atoms with van der Waals surface area (Å²) in [5.74, 6) is -1.13. The van der Waals surface area contributed by atoms with E-state index in [9.17, 15) is 9.59 Å². The molecule has 0 unspecified atom stereocenters. The predicted molar refractivity (Wildman–Crippen MR) is 67.7 cm³/mol. The molecule has 0 bridgehead atoms. The quantitative estimate of drug-likeness (QED) is 0.873. The number of aliphatic carboxylic acids is 1. The van der Waals surface area contributed by atoms with Gasteiger partial charge < -0.3 is 10.4 Å². The number of benzene rings is 1. The van der Waals surface area contributed by atoms with Crippen LogP contribution in [0, 0.1) is 0 Å². The van der Waals surface area contributed by atoms with Crippen LogP contribution >= 0.6 is 15.9 Å². The van der Waals surface area contributed by atoms with Gasteiger partial charge in [0.15, 0.2) is 0 Å². The number of rotatable bonds is 5. The minimum absolute atomic E-state index is 0.0738. The highest BCUT2D eigenvalue weighted by Gasteiger charge is 2.14. The van der Waals surface area contributed by atoms with E-state index >= 15 is 0 Å². The summed E-state index contributed by atoms with van der Waals surface area (Å²) in [6.07, 6.45) is 0.439. The Morgan fingerprint density at radius 1 is 1.35 bits per heavy atom. The Morgan fingerprint density at radius 2 is 1.94 bits per heavy atom. The highest BCUT2D eigenvalue weighted by atomic mass is 79.9. The number of carbonyl (C=O) groups is 2. The molecule has 0 heterocycles. The Kier molecular flexibility index (Phi) is 5.15. The molecule has 0 aromatic heterocycles. The van der Waals surface area contributed by atoms with Crippen LogP contribution in [-0.2, 0) is 16.0 Å². The van der Waals surface area contributed by atoms with E-state index in [0.717, 1.165) is 10.0 Å². The van der Waals surface area contributed by atoms with Gasteiger partial charge in [-0.25, -0.2) is 0 Å². The minimum atomic E-state index is -0.916. The van der Waals surface area contributed by atoms with E-state index in [1.165, 1.54) is 6.92 Å². The Bertz CT molecular complexity index is 387. The molecule has 2 N–H and O–H groups in total. The molecule has 0 aliphatic rings. The molecular formula is C12H14BrNO3. The fourth-order valence-electron chi connectivity index (χ4n) is 1.58. The summed E-state index contributed by atoms with van der Waals surface area (Å²) in [7, 11) is 0. The number of nitrogens with one attached hydrogen (secondary N) is 1. The van der Waals surface area contributed by atoms with Crippen molar-refractivity contribution in [1.29, 1.82) is 0 Å². The molecular weight excluding hydrogens is 286 g/mol. The van der Waals surface area contributed by atoms with Gasteiger partial charge in [-0.1, -0.05) is 28.1 Å². The van der Waals surface area contributed by atoms with Crippen molar-refractivity contribution in [1.82, 2.24) is 5.32 Å². The van der Waals surface area contributed by atoms with Crippen LogP contribution in [-0.4, -0.2) is 23.0 Å². The second kappa shape index (κ2) is 6.39. The molecule has 1 rings (SSSR count). The zero-order valence-electron chi connectivity index (χ0n) is 9.44. The van der Waals surface area contributed by atoms with Crippen LogP contribution in [0.2, 0.25) is 0 Å². The molecule has 0 aliphatic carbocycles. The molecule has 0 aliphatic heterocycles. The first kappa shape index (κ1) is 13.7. The van der Waals surface area contributed by atoms with Crippen LogP contribution in [0.3, 0.4) is 0 Å². The number of carboxylic acid groups (broad SMARTS) is 1. The molecule has 0 saturated carbocycles. The van der Waals surface area contributed by atoms with Gasteiger partial charge in [-0.15, -0.1) is 0 Å². The van der Waals surface area contributed by atoms with Crippen LogP contribution in [0.25, 0.3) is 0 Å². The lowest BCUT2D eigenvalue weighted by atomic mass is 10.0. The normalized spacial score (nSPS) is 11.9. The van der Waals surface area contributed by atoms with Gasteiger partial charge in [0.05, 0.1) is 6.42 Å². The maximum Gasteiger partial charge on any atom is 0.305 e. The molecule has 92 valence electrons. The molecule has 0 radical (unpaired) electrons. The van der Waals surface area contributed by atoms with Gasteiger partial charge in [0, 0.05) is 17.4 Å². The van der Waals surface area contributed by atoms with Crippen LogP contribution in [0.4, 0.5) is 0 Å². The minimum Gasteiger partial charge on any atom is -0.481 e. The van der Waals surface area contributed by atoms with Crippen molar-refractivity contribution in [2.75, 3.05) is 0 Å². The lowest BCUT2D eigenvalue weighted by Gasteiger charge is -2.15. The number of hydrogen-bond donors (Lipinski definition) is 2. The monoisotopic (exact) mass is 299 g/mol. The SMILES string of the molecule is CC(=O)N[C@H](CC(=O)O)Cc1ccc(Br)cc1. The molecule has 1 aromatic carbocycles. The topological polar surface area (TPSA) is 66.4 Å². The van der Waals surface area contributed by atoms with E-state index in [1.807, 2.05) is 24.3 Å².